The van der Waals surface area contributed by atoms with Gasteiger partial charge in [-0.15, -0.1) is 0 Å². The van der Waals surface area contributed by atoms with Crippen molar-refractivity contribution in [2.75, 3.05) is 13.2 Å². The first-order valence-corrected chi connectivity index (χ1v) is 5.57. The van der Waals surface area contributed by atoms with Crippen LogP contribution in [0.3, 0.4) is 0 Å². The van der Waals surface area contributed by atoms with Gasteiger partial charge >= 0.3 is 0 Å². The van der Waals surface area contributed by atoms with Crippen molar-refractivity contribution in [3.8, 4) is 5.75 Å². The summed E-state index contributed by atoms with van der Waals surface area (Å²) in [5.74, 6) is 0.939. The van der Waals surface area contributed by atoms with Gasteiger partial charge in [0.2, 0.25) is 0 Å². The fraction of sp³-hybridized carbons (Fsp3) is 0.538. The van der Waals surface area contributed by atoms with Crippen LogP contribution in [0, 0.1) is 0 Å². The molecule has 0 saturated carbocycles. The van der Waals surface area contributed by atoms with Gasteiger partial charge in [0.05, 0.1) is 0 Å². The van der Waals surface area contributed by atoms with Crippen LogP contribution in [0.1, 0.15) is 27.2 Å². The monoisotopic (exact) mass is 207 g/mol. The first-order valence-electron chi connectivity index (χ1n) is 5.57. The number of nitrogens with one attached hydrogen (secondary N) is 1. The van der Waals surface area contributed by atoms with Gasteiger partial charge in [-0.1, -0.05) is 25.1 Å². The molecule has 1 aromatic rings. The Labute approximate surface area is 92.6 Å². The molecule has 84 valence electrons. The van der Waals surface area contributed by atoms with Gasteiger partial charge in [-0.25, -0.2) is 0 Å². The molecule has 0 atom stereocenters. The van der Waals surface area contributed by atoms with Crippen LogP contribution in [0.5, 0.6) is 5.75 Å². The highest BCUT2D eigenvalue weighted by molar-refractivity contribution is 5.20. The van der Waals surface area contributed by atoms with Crippen molar-refractivity contribution in [1.29, 1.82) is 0 Å². The number of benzene rings is 1. The molecule has 2 heteroatoms. The van der Waals surface area contributed by atoms with Crippen molar-refractivity contribution in [3.63, 3.8) is 0 Å². The van der Waals surface area contributed by atoms with Gasteiger partial charge in [-0.05, 0) is 32.4 Å². The van der Waals surface area contributed by atoms with E-state index in [0.29, 0.717) is 6.61 Å². The van der Waals surface area contributed by atoms with Crippen LogP contribution in [-0.4, -0.2) is 18.7 Å². The lowest BCUT2D eigenvalue weighted by Gasteiger charge is -2.24. The minimum absolute atomic E-state index is 0.208. The lowest BCUT2D eigenvalue weighted by Crippen LogP contribution is -2.40. The molecule has 0 spiro atoms. The summed E-state index contributed by atoms with van der Waals surface area (Å²) in [6.45, 7) is 8.19. The molecule has 0 aliphatic carbocycles. The normalized spacial score (nSPS) is 11.4. The summed E-state index contributed by atoms with van der Waals surface area (Å²) in [6.07, 6.45) is 1.12. The minimum atomic E-state index is 0.208. The molecule has 2 nitrogen and oxygen atoms in total. The van der Waals surface area contributed by atoms with Gasteiger partial charge in [0, 0.05) is 12.1 Å². The van der Waals surface area contributed by atoms with Crippen molar-refractivity contribution < 1.29 is 4.74 Å². The van der Waals surface area contributed by atoms with E-state index in [4.69, 9.17) is 4.74 Å². The maximum Gasteiger partial charge on any atom is 0.119 e. The van der Waals surface area contributed by atoms with Gasteiger partial charge in [0.1, 0.15) is 12.4 Å². The lowest BCUT2D eigenvalue weighted by atomic mass is 10.0. The summed E-state index contributed by atoms with van der Waals surface area (Å²) in [5.41, 5.74) is 0.208. The van der Waals surface area contributed by atoms with Crippen molar-refractivity contribution in [1.82, 2.24) is 5.32 Å². The molecule has 1 aromatic carbocycles. The fourth-order valence-corrected chi connectivity index (χ4v) is 1.20. The molecule has 15 heavy (non-hydrogen) atoms. The largest absolute Gasteiger partial charge is 0.492 e. The third-order valence-corrected chi connectivity index (χ3v) is 2.60. The number of ether oxygens (including phenoxy) is 1. The minimum Gasteiger partial charge on any atom is -0.492 e. The second-order valence-corrected chi connectivity index (χ2v) is 4.33. The average Bonchev–Trinajstić information content (AvgIpc) is 2.26. The SMILES string of the molecule is CCC(C)(C)NCCOc1ccccc1. The second-order valence-electron chi connectivity index (χ2n) is 4.33. The van der Waals surface area contributed by atoms with Gasteiger partial charge in [-0.2, -0.15) is 0 Å². The van der Waals surface area contributed by atoms with E-state index >= 15 is 0 Å². The topological polar surface area (TPSA) is 21.3 Å². The predicted molar refractivity (Wildman–Crippen MR) is 64.3 cm³/mol. The molecular weight excluding hydrogens is 186 g/mol. The van der Waals surface area contributed by atoms with Gasteiger partial charge in [-0.3, -0.25) is 0 Å². The van der Waals surface area contributed by atoms with E-state index < -0.39 is 0 Å². The van der Waals surface area contributed by atoms with Crippen LogP contribution in [-0.2, 0) is 0 Å². The Morgan fingerprint density at radius 3 is 2.47 bits per heavy atom. The Hall–Kier alpha value is -1.02. The molecule has 1 rings (SSSR count). The Bertz CT molecular complexity index is 269. The Morgan fingerprint density at radius 1 is 1.20 bits per heavy atom. The third kappa shape index (κ3) is 4.84. The molecule has 0 bridgehead atoms. The first kappa shape index (κ1) is 12.1. The highest BCUT2D eigenvalue weighted by Crippen LogP contribution is 2.08. The second kappa shape index (κ2) is 5.76. The first-order chi connectivity index (χ1) is 7.14. The van der Waals surface area contributed by atoms with Crippen molar-refractivity contribution in [3.05, 3.63) is 30.3 Å². The number of hydrogen-bond acceptors (Lipinski definition) is 2. The summed E-state index contributed by atoms with van der Waals surface area (Å²) >= 11 is 0. The highest BCUT2D eigenvalue weighted by atomic mass is 16.5. The molecule has 0 radical (unpaired) electrons. The zero-order chi connectivity index (χ0) is 11.1. The summed E-state index contributed by atoms with van der Waals surface area (Å²) in [5, 5.41) is 3.45. The van der Waals surface area contributed by atoms with Crippen LogP contribution in [0.4, 0.5) is 0 Å². The molecule has 1 N–H and O–H groups in total. The van der Waals surface area contributed by atoms with E-state index in [-0.39, 0.29) is 5.54 Å². The van der Waals surface area contributed by atoms with Crippen molar-refractivity contribution >= 4 is 0 Å². The molecule has 0 aromatic heterocycles. The van der Waals surface area contributed by atoms with E-state index in [1.807, 2.05) is 30.3 Å². The van der Waals surface area contributed by atoms with Crippen LogP contribution < -0.4 is 10.1 Å². The number of rotatable bonds is 6. The van der Waals surface area contributed by atoms with Crippen molar-refractivity contribution in [2.45, 2.75) is 32.7 Å². The molecule has 0 fully saturated rings. The van der Waals surface area contributed by atoms with E-state index in [1.165, 1.54) is 0 Å². The molecule has 0 unspecified atom stereocenters. The summed E-state index contributed by atoms with van der Waals surface area (Å²) in [7, 11) is 0. The van der Waals surface area contributed by atoms with Gasteiger partial charge < -0.3 is 10.1 Å². The molecule has 0 aliphatic heterocycles. The Kier molecular flexibility index (Phi) is 4.63. The summed E-state index contributed by atoms with van der Waals surface area (Å²) < 4.78 is 5.58. The van der Waals surface area contributed by atoms with Crippen LogP contribution in [0.15, 0.2) is 30.3 Å². The third-order valence-electron chi connectivity index (χ3n) is 2.60. The summed E-state index contributed by atoms with van der Waals surface area (Å²) in [6, 6.07) is 9.92. The molecule has 0 aliphatic rings. The van der Waals surface area contributed by atoms with E-state index in [9.17, 15) is 0 Å². The standard InChI is InChI=1S/C13H21NO/c1-4-13(2,3)14-10-11-15-12-8-6-5-7-9-12/h5-9,14H,4,10-11H2,1-3H3. The Morgan fingerprint density at radius 2 is 1.87 bits per heavy atom. The van der Waals surface area contributed by atoms with Gasteiger partial charge in [0.25, 0.3) is 0 Å². The lowest BCUT2D eigenvalue weighted by molar-refractivity contribution is 0.281. The highest BCUT2D eigenvalue weighted by Gasteiger charge is 2.12. The van der Waals surface area contributed by atoms with Crippen LogP contribution in [0.2, 0.25) is 0 Å². The summed E-state index contributed by atoms with van der Waals surface area (Å²) in [4.78, 5) is 0. The quantitative estimate of drug-likeness (QED) is 0.724. The zero-order valence-corrected chi connectivity index (χ0v) is 9.92. The molecule has 0 heterocycles. The van der Waals surface area contributed by atoms with Crippen molar-refractivity contribution in [2.24, 2.45) is 0 Å². The molecule has 0 saturated heterocycles. The van der Waals surface area contributed by atoms with Crippen LogP contribution in [0.25, 0.3) is 0 Å². The van der Waals surface area contributed by atoms with E-state index in [0.717, 1.165) is 18.7 Å². The van der Waals surface area contributed by atoms with Gasteiger partial charge in [0.15, 0.2) is 0 Å². The number of hydrogen-bond donors (Lipinski definition) is 1. The fourth-order valence-electron chi connectivity index (χ4n) is 1.20. The Balaban J connectivity index is 2.18. The smallest absolute Gasteiger partial charge is 0.119 e. The average molecular weight is 207 g/mol. The number of para-hydroxylation sites is 1. The molecule has 0 amide bonds. The maximum absolute atomic E-state index is 5.58. The zero-order valence-electron chi connectivity index (χ0n) is 9.92. The maximum atomic E-state index is 5.58. The molecular formula is C13H21NO. The predicted octanol–water partition coefficient (Wildman–Crippen LogP) is 2.84. The van der Waals surface area contributed by atoms with E-state index in [2.05, 4.69) is 26.1 Å². The van der Waals surface area contributed by atoms with Crippen LogP contribution >= 0.6 is 0 Å². The van der Waals surface area contributed by atoms with E-state index in [1.54, 1.807) is 0 Å².